The Morgan fingerprint density at radius 3 is 2.82 bits per heavy atom. The van der Waals surface area contributed by atoms with Gasteiger partial charge in [0.1, 0.15) is 17.2 Å². The highest BCUT2D eigenvalue weighted by Crippen LogP contribution is 2.30. The molecule has 166 valence electrons. The number of ether oxygens (including phenoxy) is 1. The molecule has 0 N–H and O–H groups in total. The van der Waals surface area contributed by atoms with Crippen molar-refractivity contribution in [2.45, 2.75) is 24.4 Å². The fraction of sp³-hybridized carbons (Fsp3) is 0.160. The second kappa shape index (κ2) is 9.29. The Balaban J connectivity index is 1.46. The first-order valence-corrected chi connectivity index (χ1v) is 11.8. The number of rotatable bonds is 7. The molecule has 33 heavy (non-hydrogen) atoms. The second-order valence-corrected chi connectivity index (χ2v) is 8.90. The van der Waals surface area contributed by atoms with E-state index < -0.39 is 0 Å². The molecule has 2 aromatic carbocycles. The van der Waals surface area contributed by atoms with Crippen LogP contribution in [0.15, 0.2) is 76.6 Å². The lowest BCUT2D eigenvalue weighted by Gasteiger charge is -2.08. The molecule has 0 atom stereocenters. The Kier molecular flexibility index (Phi) is 6.07. The van der Waals surface area contributed by atoms with Crippen molar-refractivity contribution >= 4 is 34.4 Å². The quantitative estimate of drug-likeness (QED) is 0.253. The van der Waals surface area contributed by atoms with Crippen LogP contribution in [0.2, 0.25) is 5.02 Å². The summed E-state index contributed by atoms with van der Waals surface area (Å²) in [5.41, 5.74) is 4.71. The third kappa shape index (κ3) is 4.60. The first-order chi connectivity index (χ1) is 16.1. The summed E-state index contributed by atoms with van der Waals surface area (Å²) in [5, 5.41) is 1.54. The van der Waals surface area contributed by atoms with Crippen LogP contribution < -0.4 is 4.74 Å². The SMILES string of the molecule is COc1cccc(CSc2nc3ccncc3n2Cc2nc(-c3cccc(Cl)c3)oc2C)c1. The van der Waals surface area contributed by atoms with Gasteiger partial charge in [-0.25, -0.2) is 9.97 Å². The number of halogens is 1. The first kappa shape index (κ1) is 21.6. The minimum Gasteiger partial charge on any atom is -0.497 e. The highest BCUT2D eigenvalue weighted by Gasteiger charge is 2.17. The van der Waals surface area contributed by atoms with Crippen LogP contribution >= 0.6 is 23.4 Å². The van der Waals surface area contributed by atoms with Crippen LogP contribution in [-0.4, -0.2) is 26.6 Å². The van der Waals surface area contributed by atoms with Crippen molar-refractivity contribution < 1.29 is 9.15 Å². The van der Waals surface area contributed by atoms with E-state index in [1.54, 1.807) is 25.1 Å². The molecular weight excluding hydrogens is 456 g/mol. The highest BCUT2D eigenvalue weighted by molar-refractivity contribution is 7.98. The van der Waals surface area contributed by atoms with Crippen LogP contribution in [0.25, 0.3) is 22.5 Å². The van der Waals surface area contributed by atoms with Gasteiger partial charge in [-0.1, -0.05) is 41.6 Å². The number of methoxy groups -OCH3 is 1. The van der Waals surface area contributed by atoms with Crippen molar-refractivity contribution in [2.75, 3.05) is 7.11 Å². The molecule has 0 amide bonds. The van der Waals surface area contributed by atoms with Crippen molar-refractivity contribution in [3.8, 4) is 17.2 Å². The molecule has 0 fully saturated rings. The third-order valence-corrected chi connectivity index (χ3v) is 6.57. The van der Waals surface area contributed by atoms with Gasteiger partial charge in [-0.3, -0.25) is 4.98 Å². The summed E-state index contributed by atoms with van der Waals surface area (Å²) in [4.78, 5) is 13.9. The van der Waals surface area contributed by atoms with Crippen LogP contribution in [0.4, 0.5) is 0 Å². The summed E-state index contributed by atoms with van der Waals surface area (Å²) in [6.45, 7) is 2.45. The maximum Gasteiger partial charge on any atom is 0.226 e. The van der Waals surface area contributed by atoms with Crippen molar-refractivity contribution in [1.82, 2.24) is 19.5 Å². The molecule has 0 aliphatic rings. The Morgan fingerprint density at radius 1 is 1.09 bits per heavy atom. The predicted molar refractivity (Wildman–Crippen MR) is 131 cm³/mol. The van der Waals surface area contributed by atoms with Gasteiger partial charge >= 0.3 is 0 Å². The summed E-state index contributed by atoms with van der Waals surface area (Å²) < 4.78 is 13.5. The van der Waals surface area contributed by atoms with Gasteiger partial charge in [0, 0.05) is 22.5 Å². The molecule has 0 radical (unpaired) electrons. The molecule has 5 rings (SSSR count). The monoisotopic (exact) mass is 476 g/mol. The number of imidazole rings is 1. The largest absolute Gasteiger partial charge is 0.497 e. The zero-order valence-corrected chi connectivity index (χ0v) is 19.7. The number of benzene rings is 2. The van der Waals surface area contributed by atoms with Gasteiger partial charge in [0.15, 0.2) is 5.16 Å². The zero-order valence-electron chi connectivity index (χ0n) is 18.2. The van der Waals surface area contributed by atoms with E-state index in [-0.39, 0.29) is 0 Å². The van der Waals surface area contributed by atoms with Gasteiger partial charge in [-0.2, -0.15) is 0 Å². The summed E-state index contributed by atoms with van der Waals surface area (Å²) in [6.07, 6.45) is 3.60. The zero-order chi connectivity index (χ0) is 22.8. The number of pyridine rings is 1. The molecular formula is C25H21ClN4O2S. The predicted octanol–water partition coefficient (Wildman–Crippen LogP) is 6.40. The number of hydrogen-bond acceptors (Lipinski definition) is 6. The lowest BCUT2D eigenvalue weighted by molar-refractivity contribution is 0.414. The average Bonchev–Trinajstić information content (AvgIpc) is 3.38. The molecule has 0 spiro atoms. The van der Waals surface area contributed by atoms with Crippen molar-refractivity contribution in [1.29, 1.82) is 0 Å². The van der Waals surface area contributed by atoms with Gasteiger partial charge in [-0.05, 0) is 48.9 Å². The average molecular weight is 477 g/mol. The maximum absolute atomic E-state index is 6.15. The molecule has 6 nitrogen and oxygen atoms in total. The lowest BCUT2D eigenvalue weighted by Crippen LogP contribution is -2.03. The second-order valence-electron chi connectivity index (χ2n) is 7.52. The fourth-order valence-electron chi connectivity index (χ4n) is 3.59. The topological polar surface area (TPSA) is 66.0 Å². The highest BCUT2D eigenvalue weighted by atomic mass is 35.5. The van der Waals surface area contributed by atoms with E-state index in [1.807, 2.05) is 61.7 Å². The van der Waals surface area contributed by atoms with Crippen molar-refractivity contribution in [3.05, 3.63) is 89.0 Å². The van der Waals surface area contributed by atoms with Crippen LogP contribution in [0, 0.1) is 6.92 Å². The molecule has 0 saturated heterocycles. The molecule has 0 aliphatic heterocycles. The van der Waals surface area contributed by atoms with Gasteiger partial charge in [0.25, 0.3) is 0 Å². The maximum atomic E-state index is 6.15. The molecule has 3 heterocycles. The van der Waals surface area contributed by atoms with Crippen molar-refractivity contribution in [3.63, 3.8) is 0 Å². The number of fused-ring (bicyclic) bond motifs is 1. The Labute approximate surface area is 200 Å². The standard InChI is InChI=1S/C25H21ClN4O2S/c1-16-22(28-24(32-16)18-6-4-7-19(26)12-18)14-30-23-13-27-10-9-21(23)29-25(30)33-15-17-5-3-8-20(11-17)31-2/h3-13H,14-15H2,1-2H3. The Hall–Kier alpha value is -3.29. The number of thioether (sulfide) groups is 1. The molecule has 0 saturated carbocycles. The van der Waals surface area contributed by atoms with Crippen LogP contribution in [0.5, 0.6) is 5.75 Å². The molecule has 3 aromatic heterocycles. The van der Waals surface area contributed by atoms with E-state index in [2.05, 4.69) is 15.6 Å². The summed E-state index contributed by atoms with van der Waals surface area (Å²) in [7, 11) is 1.68. The number of hydrogen-bond donors (Lipinski definition) is 0. The van der Waals surface area contributed by atoms with Gasteiger partial charge < -0.3 is 13.7 Å². The van der Waals surface area contributed by atoms with Gasteiger partial charge in [0.05, 0.1) is 30.9 Å². The third-order valence-electron chi connectivity index (χ3n) is 5.29. The number of oxazole rings is 1. The minimum absolute atomic E-state index is 0.526. The first-order valence-electron chi connectivity index (χ1n) is 10.4. The number of aromatic nitrogens is 4. The summed E-state index contributed by atoms with van der Waals surface area (Å²) >= 11 is 7.82. The number of nitrogens with zero attached hydrogens (tertiary/aromatic N) is 4. The van der Waals surface area contributed by atoms with E-state index in [4.69, 9.17) is 30.7 Å². The van der Waals surface area contributed by atoms with E-state index >= 15 is 0 Å². The van der Waals surface area contributed by atoms with E-state index in [9.17, 15) is 0 Å². The molecule has 5 aromatic rings. The van der Waals surface area contributed by atoms with E-state index in [0.29, 0.717) is 17.5 Å². The molecule has 0 aliphatic carbocycles. The Morgan fingerprint density at radius 2 is 1.97 bits per heavy atom. The molecule has 0 unspecified atom stereocenters. The minimum atomic E-state index is 0.526. The van der Waals surface area contributed by atoms with E-state index in [1.165, 1.54) is 0 Å². The van der Waals surface area contributed by atoms with Crippen LogP contribution in [0.3, 0.4) is 0 Å². The lowest BCUT2D eigenvalue weighted by atomic mass is 10.2. The molecule has 0 bridgehead atoms. The van der Waals surface area contributed by atoms with Gasteiger partial charge in [0.2, 0.25) is 5.89 Å². The van der Waals surface area contributed by atoms with Crippen LogP contribution in [-0.2, 0) is 12.3 Å². The Bertz CT molecular complexity index is 1430. The van der Waals surface area contributed by atoms with Crippen LogP contribution in [0.1, 0.15) is 17.0 Å². The fourth-order valence-corrected chi connectivity index (χ4v) is 4.74. The van der Waals surface area contributed by atoms with Gasteiger partial charge in [-0.15, -0.1) is 0 Å². The molecule has 8 heteroatoms. The van der Waals surface area contributed by atoms with Crippen molar-refractivity contribution in [2.24, 2.45) is 0 Å². The number of aryl methyl sites for hydroxylation is 1. The summed E-state index contributed by atoms with van der Waals surface area (Å²) in [6, 6.07) is 17.5. The van der Waals surface area contributed by atoms with E-state index in [0.717, 1.165) is 50.3 Å². The summed E-state index contributed by atoms with van der Waals surface area (Å²) in [5.74, 6) is 2.93. The normalized spacial score (nSPS) is 11.2. The smallest absolute Gasteiger partial charge is 0.226 e.